The number of nitro benzene ring substituents is 1. The molecule has 2 aliphatic rings. The van der Waals surface area contributed by atoms with E-state index < -0.39 is 22.7 Å². The van der Waals surface area contributed by atoms with Gasteiger partial charge >= 0.3 is 0 Å². The lowest BCUT2D eigenvalue weighted by molar-refractivity contribution is -0.384. The van der Waals surface area contributed by atoms with Gasteiger partial charge in [-0.25, -0.2) is 0 Å². The van der Waals surface area contributed by atoms with Crippen molar-refractivity contribution in [1.82, 2.24) is 4.90 Å². The zero-order valence-corrected chi connectivity index (χ0v) is 16.1. The Morgan fingerprint density at radius 1 is 1.13 bits per heavy atom. The minimum absolute atomic E-state index is 0.0296. The van der Waals surface area contributed by atoms with Gasteiger partial charge in [0.05, 0.1) is 22.6 Å². The van der Waals surface area contributed by atoms with Crippen molar-refractivity contribution in [3.05, 3.63) is 81.4 Å². The highest BCUT2D eigenvalue weighted by atomic mass is 16.6. The molecule has 2 unspecified atom stereocenters. The fraction of sp³-hybridized carbons (Fsp3) is 0.273. The lowest BCUT2D eigenvalue weighted by Crippen LogP contribution is -2.36. The van der Waals surface area contributed by atoms with Crippen LogP contribution in [0.25, 0.3) is 5.76 Å². The van der Waals surface area contributed by atoms with Gasteiger partial charge in [0.15, 0.2) is 0 Å². The topological polar surface area (TPSA) is 110 Å². The van der Waals surface area contributed by atoms with Crippen LogP contribution in [-0.4, -0.2) is 45.9 Å². The number of aliphatic hydroxyl groups excluding tert-OH is 1. The summed E-state index contributed by atoms with van der Waals surface area (Å²) in [6.07, 6.45) is 1.45. The lowest BCUT2D eigenvalue weighted by Gasteiger charge is -2.27. The Kier molecular flexibility index (Phi) is 5.33. The first-order valence-corrected chi connectivity index (χ1v) is 9.67. The van der Waals surface area contributed by atoms with Crippen molar-refractivity contribution in [2.45, 2.75) is 25.0 Å². The van der Waals surface area contributed by atoms with Crippen molar-refractivity contribution in [2.75, 3.05) is 13.2 Å². The van der Waals surface area contributed by atoms with Gasteiger partial charge < -0.3 is 14.7 Å². The summed E-state index contributed by atoms with van der Waals surface area (Å²) in [5.41, 5.74) is 0.797. The second kappa shape index (κ2) is 8.08. The average Bonchev–Trinajstić information content (AvgIpc) is 3.36. The van der Waals surface area contributed by atoms with Gasteiger partial charge in [-0.3, -0.25) is 19.7 Å². The molecule has 1 amide bonds. The van der Waals surface area contributed by atoms with Gasteiger partial charge in [-0.1, -0.05) is 30.3 Å². The van der Waals surface area contributed by atoms with Crippen molar-refractivity contribution >= 4 is 23.1 Å². The summed E-state index contributed by atoms with van der Waals surface area (Å²) in [6.45, 7) is 0.804. The third-order valence-electron chi connectivity index (χ3n) is 5.43. The molecule has 0 spiro atoms. The molecule has 0 saturated carbocycles. The highest BCUT2D eigenvalue weighted by Gasteiger charge is 2.47. The number of ketones is 1. The Morgan fingerprint density at radius 2 is 1.83 bits per heavy atom. The molecule has 2 aliphatic heterocycles. The van der Waals surface area contributed by atoms with E-state index in [1.54, 1.807) is 30.3 Å². The van der Waals surface area contributed by atoms with E-state index in [0.29, 0.717) is 17.7 Å². The highest BCUT2D eigenvalue weighted by Crippen LogP contribution is 2.40. The van der Waals surface area contributed by atoms with E-state index in [-0.39, 0.29) is 29.7 Å². The van der Waals surface area contributed by atoms with Gasteiger partial charge in [-0.15, -0.1) is 0 Å². The molecule has 0 aliphatic carbocycles. The number of nitrogens with zero attached hydrogens (tertiary/aromatic N) is 2. The predicted molar refractivity (Wildman–Crippen MR) is 108 cm³/mol. The molecule has 4 rings (SSSR count). The molecule has 2 aromatic rings. The number of likely N-dealkylation sites (tertiary alicyclic amines) is 1. The van der Waals surface area contributed by atoms with Crippen LogP contribution in [0.1, 0.15) is 30.0 Å². The molecule has 2 atom stereocenters. The summed E-state index contributed by atoms with van der Waals surface area (Å²) in [7, 11) is 0. The van der Waals surface area contributed by atoms with Gasteiger partial charge in [0.1, 0.15) is 5.76 Å². The van der Waals surface area contributed by atoms with Crippen LogP contribution in [0.2, 0.25) is 0 Å². The number of hydrogen-bond acceptors (Lipinski definition) is 6. The molecule has 2 aromatic carbocycles. The van der Waals surface area contributed by atoms with E-state index >= 15 is 0 Å². The molecule has 2 saturated heterocycles. The van der Waals surface area contributed by atoms with Crippen LogP contribution in [0, 0.1) is 10.1 Å². The average molecular weight is 408 g/mol. The Bertz CT molecular complexity index is 1010. The molecule has 2 heterocycles. The smallest absolute Gasteiger partial charge is 0.295 e. The molecule has 8 heteroatoms. The van der Waals surface area contributed by atoms with Crippen LogP contribution in [-0.2, 0) is 14.3 Å². The summed E-state index contributed by atoms with van der Waals surface area (Å²) in [6, 6.07) is 13.3. The van der Waals surface area contributed by atoms with Crippen LogP contribution in [0.4, 0.5) is 5.69 Å². The zero-order valence-electron chi connectivity index (χ0n) is 16.1. The summed E-state index contributed by atoms with van der Waals surface area (Å²) in [5, 5.41) is 21.9. The number of benzene rings is 2. The quantitative estimate of drug-likeness (QED) is 0.267. The van der Waals surface area contributed by atoms with Gasteiger partial charge in [-0.05, 0) is 30.5 Å². The highest BCUT2D eigenvalue weighted by molar-refractivity contribution is 6.46. The molecular formula is C22H20N2O6. The number of nitro groups is 1. The van der Waals surface area contributed by atoms with Crippen molar-refractivity contribution < 1.29 is 24.4 Å². The van der Waals surface area contributed by atoms with Crippen molar-refractivity contribution in [3.63, 3.8) is 0 Å². The maximum atomic E-state index is 12.9. The van der Waals surface area contributed by atoms with Gasteiger partial charge in [0.2, 0.25) is 0 Å². The van der Waals surface area contributed by atoms with E-state index in [0.717, 1.165) is 12.8 Å². The Hall–Kier alpha value is -3.52. The molecule has 0 aromatic heterocycles. The molecule has 0 radical (unpaired) electrons. The minimum atomic E-state index is -0.852. The summed E-state index contributed by atoms with van der Waals surface area (Å²) in [4.78, 5) is 37.7. The number of rotatable bonds is 5. The molecule has 30 heavy (non-hydrogen) atoms. The van der Waals surface area contributed by atoms with E-state index in [4.69, 9.17) is 4.74 Å². The molecule has 2 fully saturated rings. The summed E-state index contributed by atoms with van der Waals surface area (Å²) >= 11 is 0. The van der Waals surface area contributed by atoms with E-state index in [1.165, 1.54) is 29.2 Å². The Labute approximate surface area is 172 Å². The summed E-state index contributed by atoms with van der Waals surface area (Å²) in [5.74, 6) is -1.77. The van der Waals surface area contributed by atoms with E-state index in [9.17, 15) is 24.8 Å². The third-order valence-corrected chi connectivity index (χ3v) is 5.43. The van der Waals surface area contributed by atoms with Crippen LogP contribution >= 0.6 is 0 Å². The maximum Gasteiger partial charge on any atom is 0.295 e. The number of hydrogen-bond donors (Lipinski definition) is 1. The number of carbonyl (C=O) groups is 2. The second-order valence-electron chi connectivity index (χ2n) is 7.30. The normalized spacial score (nSPS) is 23.1. The third kappa shape index (κ3) is 3.57. The van der Waals surface area contributed by atoms with E-state index in [2.05, 4.69) is 0 Å². The molecule has 1 N–H and O–H groups in total. The SMILES string of the molecule is O=C1C(=O)N(CC2CCCO2)C(c2ccc([N+](=O)[O-])cc2)/C1=C(\O)c1ccccc1. The monoisotopic (exact) mass is 408 g/mol. The largest absolute Gasteiger partial charge is 0.507 e. The fourth-order valence-corrected chi connectivity index (χ4v) is 3.95. The number of ether oxygens (including phenoxy) is 1. The summed E-state index contributed by atoms with van der Waals surface area (Å²) < 4.78 is 5.64. The van der Waals surface area contributed by atoms with Crippen LogP contribution in [0.3, 0.4) is 0 Å². The van der Waals surface area contributed by atoms with Gasteiger partial charge in [0.25, 0.3) is 17.4 Å². The van der Waals surface area contributed by atoms with Crippen LogP contribution < -0.4 is 0 Å². The van der Waals surface area contributed by atoms with Crippen molar-refractivity contribution in [1.29, 1.82) is 0 Å². The standard InChI is InChI=1S/C22H20N2O6/c25-20(15-5-2-1-3-6-15)18-19(14-8-10-16(11-9-14)24(28)29)23(22(27)21(18)26)13-17-7-4-12-30-17/h1-3,5-6,8-11,17,19,25H,4,7,12-13H2/b20-18+. The number of non-ortho nitro benzene ring substituents is 1. The molecular weight excluding hydrogens is 388 g/mol. The first-order chi connectivity index (χ1) is 14.5. The maximum absolute atomic E-state index is 12.9. The van der Waals surface area contributed by atoms with Gasteiger partial charge in [-0.2, -0.15) is 0 Å². The first kappa shape index (κ1) is 19.8. The van der Waals surface area contributed by atoms with Crippen molar-refractivity contribution in [2.24, 2.45) is 0 Å². The molecule has 154 valence electrons. The minimum Gasteiger partial charge on any atom is -0.507 e. The number of aliphatic hydroxyl groups is 1. The number of carbonyl (C=O) groups excluding carboxylic acids is 2. The Morgan fingerprint density at radius 3 is 2.43 bits per heavy atom. The van der Waals surface area contributed by atoms with Gasteiger partial charge in [0, 0.05) is 30.8 Å². The van der Waals surface area contributed by atoms with E-state index in [1.807, 2.05) is 0 Å². The first-order valence-electron chi connectivity index (χ1n) is 9.67. The predicted octanol–water partition coefficient (Wildman–Crippen LogP) is 3.20. The Balaban J connectivity index is 1.81. The second-order valence-corrected chi connectivity index (χ2v) is 7.30. The zero-order chi connectivity index (χ0) is 21.3. The van der Waals surface area contributed by atoms with Crippen molar-refractivity contribution in [3.8, 4) is 0 Å². The molecule has 8 nitrogen and oxygen atoms in total. The molecule has 0 bridgehead atoms. The number of amides is 1. The van der Waals surface area contributed by atoms with Crippen LogP contribution in [0.5, 0.6) is 0 Å². The fourth-order valence-electron chi connectivity index (χ4n) is 3.95. The lowest BCUT2D eigenvalue weighted by atomic mass is 9.95. The van der Waals surface area contributed by atoms with Crippen LogP contribution in [0.15, 0.2) is 60.2 Å². The number of Topliss-reactive ketones (excluding diaryl/α,β-unsaturated/α-hetero) is 1.